The van der Waals surface area contributed by atoms with Crippen molar-refractivity contribution in [1.29, 1.82) is 0 Å². The van der Waals surface area contributed by atoms with Crippen LogP contribution in [-0.4, -0.2) is 69.1 Å². The Bertz CT molecular complexity index is 677. The normalized spacial score (nSPS) is 18.4. The van der Waals surface area contributed by atoms with Crippen molar-refractivity contribution in [2.24, 2.45) is 4.99 Å². The largest absolute Gasteiger partial charge is 0.416 e. The number of guanidine groups is 1. The summed E-state index contributed by atoms with van der Waals surface area (Å²) in [6.07, 6.45) is -4.54. The number of carbonyl (C=O) groups is 1. The van der Waals surface area contributed by atoms with Gasteiger partial charge in [0.05, 0.1) is 18.7 Å². The molecule has 1 N–H and O–H groups in total. The molecule has 1 atom stereocenters. The highest BCUT2D eigenvalue weighted by Gasteiger charge is 2.32. The van der Waals surface area contributed by atoms with Gasteiger partial charge in [-0.2, -0.15) is 13.2 Å². The molecule has 0 aromatic heterocycles. The van der Waals surface area contributed by atoms with Crippen molar-refractivity contribution in [2.45, 2.75) is 18.7 Å². The molecular weight excluding hydrogens is 361 g/mol. The van der Waals surface area contributed by atoms with E-state index >= 15 is 0 Å². The molecule has 1 saturated heterocycles. The number of hydrogen-bond acceptors (Lipinski definition) is 3. The van der Waals surface area contributed by atoms with E-state index < -0.39 is 17.8 Å². The Balaban J connectivity index is 2.01. The Morgan fingerprint density at radius 2 is 2.15 bits per heavy atom. The molecule has 2 rings (SSSR count). The van der Waals surface area contributed by atoms with Crippen LogP contribution in [0, 0.1) is 0 Å². The van der Waals surface area contributed by atoms with Crippen LogP contribution in [0.5, 0.6) is 0 Å². The van der Waals surface area contributed by atoms with E-state index in [-0.39, 0.29) is 5.91 Å². The average molecular weight is 386 g/mol. The fraction of sp³-hybridized carbons (Fsp3) is 0.556. The molecule has 1 amide bonds. The van der Waals surface area contributed by atoms with Gasteiger partial charge in [0.15, 0.2) is 5.96 Å². The maximum Gasteiger partial charge on any atom is 0.416 e. The predicted octanol–water partition coefficient (Wildman–Crippen LogP) is 2.13. The maximum absolute atomic E-state index is 12.9. The van der Waals surface area contributed by atoms with Gasteiger partial charge in [0.2, 0.25) is 5.91 Å². The zero-order valence-corrected chi connectivity index (χ0v) is 15.7. The summed E-state index contributed by atoms with van der Waals surface area (Å²) in [5.74, 6) is 0.601. The Morgan fingerprint density at radius 3 is 2.78 bits per heavy atom. The first-order chi connectivity index (χ1) is 12.7. The van der Waals surface area contributed by atoms with E-state index in [9.17, 15) is 18.0 Å². The van der Waals surface area contributed by atoms with Gasteiger partial charge in [-0.15, -0.1) is 0 Å². The quantitative estimate of drug-likeness (QED) is 0.636. The third-order valence-corrected chi connectivity index (χ3v) is 4.28. The maximum atomic E-state index is 12.9. The average Bonchev–Trinajstić information content (AvgIpc) is 2.64. The number of carbonyl (C=O) groups excluding carboxylic acids is 1. The summed E-state index contributed by atoms with van der Waals surface area (Å²) < 4.78 is 44.5. The first-order valence-corrected chi connectivity index (χ1v) is 8.67. The van der Waals surface area contributed by atoms with Gasteiger partial charge in [0.25, 0.3) is 0 Å². The summed E-state index contributed by atoms with van der Waals surface area (Å²) in [5, 5.41) is 3.13. The van der Waals surface area contributed by atoms with Gasteiger partial charge in [-0.05, 0) is 17.7 Å². The summed E-state index contributed by atoms with van der Waals surface area (Å²) >= 11 is 0. The van der Waals surface area contributed by atoms with Crippen LogP contribution in [0.3, 0.4) is 0 Å². The Kier molecular flexibility index (Phi) is 7.06. The van der Waals surface area contributed by atoms with Gasteiger partial charge in [0, 0.05) is 40.7 Å². The number of halogens is 3. The number of ether oxygens (including phenoxy) is 1. The molecule has 150 valence electrons. The van der Waals surface area contributed by atoms with Crippen molar-refractivity contribution in [3.63, 3.8) is 0 Å². The Hall–Kier alpha value is -2.29. The molecule has 1 aliphatic heterocycles. The fourth-order valence-corrected chi connectivity index (χ4v) is 2.80. The number of aliphatic imine (C=N–C) groups is 1. The molecule has 1 unspecified atom stereocenters. The van der Waals surface area contributed by atoms with Crippen LogP contribution < -0.4 is 5.32 Å². The molecule has 1 aromatic carbocycles. The number of rotatable bonds is 4. The van der Waals surface area contributed by atoms with Crippen molar-refractivity contribution in [2.75, 3.05) is 47.4 Å². The van der Waals surface area contributed by atoms with E-state index in [1.54, 1.807) is 27.2 Å². The summed E-state index contributed by atoms with van der Waals surface area (Å²) in [7, 11) is 5.02. The van der Waals surface area contributed by atoms with Gasteiger partial charge < -0.3 is 19.9 Å². The van der Waals surface area contributed by atoms with E-state index in [1.165, 1.54) is 11.0 Å². The van der Waals surface area contributed by atoms with Crippen molar-refractivity contribution in [3.05, 3.63) is 35.4 Å². The van der Waals surface area contributed by atoms with E-state index in [0.717, 1.165) is 12.1 Å². The number of morpholine rings is 1. The second kappa shape index (κ2) is 9.07. The molecule has 1 aromatic rings. The number of nitrogens with zero attached hydrogens (tertiary/aromatic N) is 3. The van der Waals surface area contributed by atoms with Crippen LogP contribution in [0.25, 0.3) is 0 Å². The molecule has 0 radical (unpaired) electrons. The highest BCUT2D eigenvalue weighted by molar-refractivity contribution is 5.81. The van der Waals surface area contributed by atoms with Crippen LogP contribution in [0.15, 0.2) is 29.3 Å². The molecule has 6 nitrogen and oxygen atoms in total. The van der Waals surface area contributed by atoms with Gasteiger partial charge >= 0.3 is 6.18 Å². The molecular formula is C18H25F3N4O2. The molecule has 1 heterocycles. The summed E-state index contributed by atoms with van der Waals surface area (Å²) in [6.45, 7) is 1.74. The molecule has 0 saturated carbocycles. The van der Waals surface area contributed by atoms with E-state index in [0.29, 0.717) is 44.2 Å². The van der Waals surface area contributed by atoms with Gasteiger partial charge in [0.1, 0.15) is 6.10 Å². The van der Waals surface area contributed by atoms with Gasteiger partial charge in [-0.3, -0.25) is 9.79 Å². The second-order valence-electron chi connectivity index (χ2n) is 6.44. The van der Waals surface area contributed by atoms with Crippen molar-refractivity contribution in [1.82, 2.24) is 15.1 Å². The standard InChI is InChI=1S/C18H25F3N4O2/c1-22-17(23-8-7-16(26)24(2)3)25-9-10-27-15(12-25)13-5-4-6-14(11-13)18(19,20)21/h4-6,11,15H,7-10,12H2,1-3H3,(H,22,23). The molecule has 0 aliphatic carbocycles. The van der Waals surface area contributed by atoms with Crippen molar-refractivity contribution < 1.29 is 22.7 Å². The smallest absolute Gasteiger partial charge is 0.370 e. The van der Waals surface area contributed by atoms with E-state index in [4.69, 9.17) is 4.74 Å². The van der Waals surface area contributed by atoms with E-state index in [2.05, 4.69) is 10.3 Å². The van der Waals surface area contributed by atoms with Crippen LogP contribution in [0.1, 0.15) is 23.7 Å². The molecule has 1 fully saturated rings. The number of amides is 1. The Morgan fingerprint density at radius 1 is 1.41 bits per heavy atom. The zero-order chi connectivity index (χ0) is 20.0. The third-order valence-electron chi connectivity index (χ3n) is 4.28. The minimum atomic E-state index is -4.39. The lowest BCUT2D eigenvalue weighted by atomic mass is 10.0. The molecule has 9 heteroatoms. The first-order valence-electron chi connectivity index (χ1n) is 8.67. The lowest BCUT2D eigenvalue weighted by Crippen LogP contribution is -2.48. The minimum absolute atomic E-state index is 0.00164. The lowest BCUT2D eigenvalue weighted by Gasteiger charge is -2.35. The van der Waals surface area contributed by atoms with Crippen LogP contribution >= 0.6 is 0 Å². The predicted molar refractivity (Wildman–Crippen MR) is 96.4 cm³/mol. The molecule has 0 bridgehead atoms. The summed E-state index contributed by atoms with van der Waals surface area (Å²) in [4.78, 5) is 19.3. The van der Waals surface area contributed by atoms with Gasteiger partial charge in [-0.1, -0.05) is 12.1 Å². The highest BCUT2D eigenvalue weighted by atomic mass is 19.4. The monoisotopic (exact) mass is 386 g/mol. The zero-order valence-electron chi connectivity index (χ0n) is 15.7. The molecule has 1 aliphatic rings. The minimum Gasteiger partial charge on any atom is -0.370 e. The number of nitrogens with one attached hydrogen (secondary N) is 1. The lowest BCUT2D eigenvalue weighted by molar-refractivity contribution is -0.137. The van der Waals surface area contributed by atoms with Crippen LogP contribution in [-0.2, 0) is 15.7 Å². The highest BCUT2D eigenvalue weighted by Crippen LogP contribution is 2.32. The topological polar surface area (TPSA) is 57.2 Å². The summed E-state index contributed by atoms with van der Waals surface area (Å²) in [6, 6.07) is 5.20. The fourth-order valence-electron chi connectivity index (χ4n) is 2.80. The first kappa shape index (κ1) is 21.0. The van der Waals surface area contributed by atoms with Crippen LogP contribution in [0.4, 0.5) is 13.2 Å². The van der Waals surface area contributed by atoms with Crippen molar-refractivity contribution in [3.8, 4) is 0 Å². The summed E-state index contributed by atoms with van der Waals surface area (Å²) in [5.41, 5.74) is -0.210. The third kappa shape index (κ3) is 5.85. The second-order valence-corrected chi connectivity index (χ2v) is 6.44. The Labute approximate surface area is 157 Å². The number of alkyl halides is 3. The molecule has 0 spiro atoms. The molecule has 27 heavy (non-hydrogen) atoms. The van der Waals surface area contributed by atoms with E-state index in [1.807, 2.05) is 4.90 Å². The van der Waals surface area contributed by atoms with Gasteiger partial charge in [-0.25, -0.2) is 0 Å². The van der Waals surface area contributed by atoms with Crippen LogP contribution in [0.2, 0.25) is 0 Å². The SMILES string of the molecule is CN=C(NCCC(=O)N(C)C)N1CCOC(c2cccc(C(F)(F)F)c2)C1. The number of benzene rings is 1. The number of hydrogen-bond donors (Lipinski definition) is 1. The van der Waals surface area contributed by atoms with Crippen molar-refractivity contribution >= 4 is 11.9 Å².